The molecule has 178 valence electrons. The summed E-state index contributed by atoms with van der Waals surface area (Å²) in [6.07, 6.45) is 2.19. The second-order valence-corrected chi connectivity index (χ2v) is 8.20. The maximum absolute atomic E-state index is 12.8. The Kier molecular flexibility index (Phi) is 7.86. The van der Waals surface area contributed by atoms with Gasteiger partial charge in [-0.3, -0.25) is 14.4 Å². The van der Waals surface area contributed by atoms with E-state index in [1.54, 1.807) is 36.1 Å². The van der Waals surface area contributed by atoms with Gasteiger partial charge in [0.1, 0.15) is 0 Å². The first-order valence-electron chi connectivity index (χ1n) is 11.3. The molecule has 2 atom stereocenters. The number of aromatic nitrogens is 1. The van der Waals surface area contributed by atoms with Crippen LogP contribution in [0.5, 0.6) is 5.75 Å². The van der Waals surface area contributed by atoms with Crippen LogP contribution in [0.2, 0.25) is 0 Å². The molecule has 1 aromatic heterocycles. The molecule has 1 amide bonds. The quantitative estimate of drug-likeness (QED) is 0.605. The number of methoxy groups -OCH3 is 1. The average molecular weight is 458 g/mol. The van der Waals surface area contributed by atoms with E-state index in [2.05, 4.69) is 0 Å². The summed E-state index contributed by atoms with van der Waals surface area (Å²) in [6.45, 7) is 3.73. The van der Waals surface area contributed by atoms with Crippen molar-refractivity contribution in [3.05, 3.63) is 30.0 Å². The third-order valence-corrected chi connectivity index (χ3v) is 6.06. The molecule has 2 N–H and O–H groups in total. The number of likely N-dealkylation sites (tertiary alicyclic amines) is 1. The predicted molar refractivity (Wildman–Crippen MR) is 122 cm³/mol. The lowest BCUT2D eigenvalue weighted by molar-refractivity contribution is -0.136. The van der Waals surface area contributed by atoms with E-state index in [1.165, 1.54) is 18.6 Å². The molecule has 1 aliphatic heterocycles. The summed E-state index contributed by atoms with van der Waals surface area (Å²) >= 11 is 0. The minimum atomic E-state index is -0.729. The number of ketones is 1. The van der Waals surface area contributed by atoms with E-state index >= 15 is 0 Å². The predicted octanol–water partition coefficient (Wildman–Crippen LogP) is 2.80. The van der Waals surface area contributed by atoms with Crippen LogP contribution >= 0.6 is 0 Å². The van der Waals surface area contributed by atoms with Crippen molar-refractivity contribution in [3.63, 3.8) is 0 Å². The van der Waals surface area contributed by atoms with Crippen molar-refractivity contribution in [1.29, 1.82) is 0 Å². The molecule has 2 unspecified atom stereocenters. The van der Waals surface area contributed by atoms with E-state index in [9.17, 15) is 19.2 Å². The summed E-state index contributed by atoms with van der Waals surface area (Å²) in [5, 5.41) is 0.628. The molecule has 0 bridgehead atoms. The van der Waals surface area contributed by atoms with Gasteiger partial charge >= 0.3 is 12.1 Å². The van der Waals surface area contributed by atoms with Crippen LogP contribution in [0.15, 0.2) is 24.3 Å². The van der Waals surface area contributed by atoms with Gasteiger partial charge in [0.2, 0.25) is 5.91 Å². The normalized spacial score (nSPS) is 16.6. The number of carbonyl (C=O) groups excluding carboxylic acids is 4. The molecule has 9 heteroatoms. The highest BCUT2D eigenvalue weighted by atomic mass is 16.5. The molecule has 0 saturated carbocycles. The molecule has 1 saturated heterocycles. The van der Waals surface area contributed by atoms with Crippen LogP contribution in [0.1, 0.15) is 51.6 Å². The number of rotatable bonds is 8. The number of ether oxygens (including phenoxy) is 2. The Morgan fingerprint density at radius 3 is 2.61 bits per heavy atom. The smallest absolute Gasteiger partial charge is 0.418 e. The molecule has 0 radical (unpaired) electrons. The van der Waals surface area contributed by atoms with Crippen molar-refractivity contribution in [3.8, 4) is 5.75 Å². The van der Waals surface area contributed by atoms with Gasteiger partial charge in [0.05, 0.1) is 30.4 Å². The van der Waals surface area contributed by atoms with E-state index in [0.717, 1.165) is 6.42 Å². The highest BCUT2D eigenvalue weighted by Crippen LogP contribution is 2.35. The number of nitrogens with two attached hydrogens (primary N) is 1. The summed E-state index contributed by atoms with van der Waals surface area (Å²) in [7, 11) is 1.29. The maximum Gasteiger partial charge on any atom is 0.418 e. The maximum atomic E-state index is 12.8. The fraction of sp³-hybridized carbons (Fsp3) is 0.500. The fourth-order valence-electron chi connectivity index (χ4n) is 4.41. The van der Waals surface area contributed by atoms with E-state index in [0.29, 0.717) is 54.6 Å². The zero-order valence-electron chi connectivity index (χ0n) is 19.3. The van der Waals surface area contributed by atoms with Crippen LogP contribution in [0.4, 0.5) is 4.79 Å². The number of amides is 1. The number of para-hydroxylation sites is 1. The molecule has 0 aliphatic carbocycles. The van der Waals surface area contributed by atoms with E-state index in [4.69, 9.17) is 15.2 Å². The molecule has 1 aliphatic rings. The number of hydrogen-bond donors (Lipinski definition) is 1. The Morgan fingerprint density at radius 2 is 1.94 bits per heavy atom. The van der Waals surface area contributed by atoms with Gasteiger partial charge in [-0.1, -0.05) is 19.1 Å². The number of nitrogens with zero attached hydrogens (tertiary/aromatic N) is 2. The van der Waals surface area contributed by atoms with Gasteiger partial charge in [-0.2, -0.15) is 0 Å². The monoisotopic (exact) mass is 457 g/mol. The summed E-state index contributed by atoms with van der Waals surface area (Å²) in [6, 6.07) is 5.92. The van der Waals surface area contributed by atoms with Gasteiger partial charge < -0.3 is 20.1 Å². The third kappa shape index (κ3) is 5.08. The molecule has 0 spiro atoms. The molecule has 3 rings (SSSR count). The van der Waals surface area contributed by atoms with Crippen molar-refractivity contribution < 1.29 is 28.7 Å². The Hall–Kier alpha value is -3.20. The number of carbonyl (C=O) groups is 4. The fourth-order valence-corrected chi connectivity index (χ4v) is 4.41. The largest absolute Gasteiger partial charge is 0.452 e. The number of esters is 1. The second kappa shape index (κ2) is 10.6. The highest BCUT2D eigenvalue weighted by Gasteiger charge is 2.35. The van der Waals surface area contributed by atoms with Gasteiger partial charge in [0.15, 0.2) is 11.5 Å². The molecular weight excluding hydrogens is 426 g/mol. The zero-order valence-corrected chi connectivity index (χ0v) is 19.3. The number of hydrogen-bond acceptors (Lipinski definition) is 7. The van der Waals surface area contributed by atoms with Gasteiger partial charge in [0, 0.05) is 25.3 Å². The Bertz CT molecular complexity index is 1060. The molecule has 33 heavy (non-hydrogen) atoms. The minimum absolute atomic E-state index is 0.122. The van der Waals surface area contributed by atoms with Gasteiger partial charge in [0.25, 0.3) is 0 Å². The van der Waals surface area contributed by atoms with Gasteiger partial charge in [-0.15, -0.1) is 0 Å². The Morgan fingerprint density at radius 1 is 1.21 bits per heavy atom. The standard InChI is InChI=1S/C24H31N3O6/c1-4-21(29)33-23-16-9-5-6-11-18(16)27(24(31)32-3)20(23)12-7-10-17(25)22(30)19-13-8-14-26(19)15(2)28/h5-6,9,11,17,19H,4,7-8,10,12-14,25H2,1-3H3. The highest BCUT2D eigenvalue weighted by molar-refractivity contribution is 5.97. The molecular formula is C24H31N3O6. The van der Waals surface area contributed by atoms with Crippen LogP contribution in [-0.2, 0) is 25.5 Å². The van der Waals surface area contributed by atoms with E-state index < -0.39 is 24.1 Å². The van der Waals surface area contributed by atoms with E-state index in [-0.39, 0.29) is 18.1 Å². The van der Waals surface area contributed by atoms with Crippen LogP contribution in [0.25, 0.3) is 10.9 Å². The third-order valence-electron chi connectivity index (χ3n) is 6.06. The van der Waals surface area contributed by atoms with E-state index in [1.807, 2.05) is 0 Å². The van der Waals surface area contributed by atoms with Crippen molar-refractivity contribution in [2.75, 3.05) is 13.7 Å². The van der Waals surface area contributed by atoms with Crippen LogP contribution in [-0.4, -0.2) is 59.0 Å². The first kappa shape index (κ1) is 24.4. The summed E-state index contributed by atoms with van der Waals surface area (Å²) < 4.78 is 12.0. The Balaban J connectivity index is 1.82. The summed E-state index contributed by atoms with van der Waals surface area (Å²) in [5.74, 6) is -0.361. The van der Waals surface area contributed by atoms with Crippen molar-refractivity contribution >= 4 is 34.7 Å². The van der Waals surface area contributed by atoms with Gasteiger partial charge in [-0.25, -0.2) is 9.36 Å². The van der Waals surface area contributed by atoms with Crippen LogP contribution in [0.3, 0.4) is 0 Å². The molecule has 2 heterocycles. The Labute approximate surface area is 192 Å². The second-order valence-electron chi connectivity index (χ2n) is 8.20. The van der Waals surface area contributed by atoms with Crippen LogP contribution < -0.4 is 10.5 Å². The summed E-state index contributed by atoms with van der Waals surface area (Å²) in [5.41, 5.74) is 7.26. The number of benzene rings is 1. The lowest BCUT2D eigenvalue weighted by Gasteiger charge is -2.24. The van der Waals surface area contributed by atoms with Crippen molar-refractivity contribution in [1.82, 2.24) is 9.47 Å². The molecule has 2 aromatic rings. The SMILES string of the molecule is CCC(=O)Oc1c(CCCC(N)C(=O)C2CCCN2C(C)=O)n(C(=O)OC)c2ccccc12. The lowest BCUT2D eigenvalue weighted by atomic mass is 9.98. The number of Topliss-reactive ketones (excluding diaryl/α,β-unsaturated/α-hetero) is 1. The average Bonchev–Trinajstić information content (AvgIpc) is 3.42. The molecule has 9 nitrogen and oxygen atoms in total. The number of fused-ring (bicyclic) bond motifs is 1. The van der Waals surface area contributed by atoms with Gasteiger partial charge in [-0.05, 0) is 44.2 Å². The minimum Gasteiger partial charge on any atom is -0.452 e. The first-order chi connectivity index (χ1) is 15.8. The topological polar surface area (TPSA) is 121 Å². The van der Waals surface area contributed by atoms with Crippen molar-refractivity contribution in [2.24, 2.45) is 5.73 Å². The molecule has 1 aromatic carbocycles. The van der Waals surface area contributed by atoms with Crippen LogP contribution in [0, 0.1) is 0 Å². The zero-order chi connectivity index (χ0) is 24.1. The lowest BCUT2D eigenvalue weighted by Crippen LogP contribution is -2.46. The first-order valence-corrected chi connectivity index (χ1v) is 11.3. The molecule has 1 fully saturated rings. The summed E-state index contributed by atoms with van der Waals surface area (Å²) in [4.78, 5) is 50.9. The van der Waals surface area contributed by atoms with Crippen molar-refractivity contribution in [2.45, 2.75) is 64.5 Å².